The third-order valence-electron chi connectivity index (χ3n) is 12.6. The number of aryl methyl sites for hydroxylation is 9. The van der Waals surface area contributed by atoms with Crippen LogP contribution in [0, 0.1) is 39.0 Å². The van der Waals surface area contributed by atoms with Crippen LogP contribution < -0.4 is 0 Å². The zero-order chi connectivity index (χ0) is 44.8. The molecule has 0 amide bonds. The third-order valence-corrected chi connectivity index (χ3v) is 12.6. The summed E-state index contributed by atoms with van der Waals surface area (Å²) in [5.41, 5.74) is 17.8. The molecule has 0 unspecified atom stereocenters. The predicted molar refractivity (Wildman–Crippen MR) is 266 cm³/mol. The fourth-order valence-electron chi connectivity index (χ4n) is 8.99. The van der Waals surface area contributed by atoms with E-state index in [1.807, 2.05) is 37.2 Å². The van der Waals surface area contributed by atoms with Crippen molar-refractivity contribution in [3.05, 3.63) is 251 Å². The van der Waals surface area contributed by atoms with E-state index in [1.165, 1.54) is 50.1 Å². The monoisotopic (exact) mass is 1050 g/mol. The van der Waals surface area contributed by atoms with Gasteiger partial charge in [0.2, 0.25) is 0 Å². The zero-order valence-electron chi connectivity index (χ0n) is 38.1. The van der Waals surface area contributed by atoms with E-state index in [1.54, 1.807) is 0 Å². The summed E-state index contributed by atoms with van der Waals surface area (Å²) in [6, 6.07) is 62.7. The molecule has 0 bridgehead atoms. The maximum Gasteiger partial charge on any atom is 3.00 e. The number of rotatable bonds is 15. The second-order valence-electron chi connectivity index (χ2n) is 17.2. The van der Waals surface area contributed by atoms with Crippen LogP contribution >= 0.6 is 0 Å². The Morgan fingerprint density at radius 1 is 0.358 bits per heavy atom. The van der Waals surface area contributed by atoms with Crippen molar-refractivity contribution in [2.45, 2.75) is 59.3 Å². The van der Waals surface area contributed by atoms with Crippen LogP contribution in [0.3, 0.4) is 0 Å². The van der Waals surface area contributed by atoms with Gasteiger partial charge in [-0.3, -0.25) is 15.0 Å². The first kappa shape index (κ1) is 45.0. The molecular formula is C60H51IrN6. The molecule has 3 aromatic heterocycles. The zero-order valence-corrected chi connectivity index (χ0v) is 40.5. The van der Waals surface area contributed by atoms with Crippen LogP contribution in [0.15, 0.2) is 183 Å². The molecule has 330 valence electrons. The van der Waals surface area contributed by atoms with Crippen LogP contribution in [-0.4, -0.2) is 28.7 Å². The molecule has 0 aliphatic carbocycles. The van der Waals surface area contributed by atoms with Gasteiger partial charge in [0.05, 0.1) is 17.5 Å². The average Bonchev–Trinajstić information content (AvgIpc) is 4.16. The summed E-state index contributed by atoms with van der Waals surface area (Å²) < 4.78 is 6.45. The Bertz CT molecular complexity index is 2870. The molecule has 0 saturated heterocycles. The Morgan fingerprint density at radius 3 is 0.910 bits per heavy atom. The van der Waals surface area contributed by atoms with Crippen molar-refractivity contribution in [1.29, 1.82) is 0 Å². The average molecular weight is 1050 g/mol. The number of nitrogens with zero attached hydrogens (tertiary/aromatic N) is 6. The molecule has 0 spiro atoms. The van der Waals surface area contributed by atoms with Gasteiger partial charge in [-0.25, -0.2) is 0 Å². The van der Waals surface area contributed by atoms with Crippen LogP contribution in [0.4, 0.5) is 0 Å². The molecule has 0 N–H and O–H groups in total. The van der Waals surface area contributed by atoms with E-state index in [-0.39, 0.29) is 20.1 Å². The van der Waals surface area contributed by atoms with E-state index in [2.05, 4.69) is 198 Å². The van der Waals surface area contributed by atoms with Crippen molar-refractivity contribution in [3.8, 4) is 51.2 Å². The summed E-state index contributed by atoms with van der Waals surface area (Å²) in [5.74, 6) is 2.69. The first-order chi connectivity index (χ1) is 32.4. The second-order valence-corrected chi connectivity index (χ2v) is 17.2. The predicted octanol–water partition coefficient (Wildman–Crippen LogP) is 12.9. The summed E-state index contributed by atoms with van der Waals surface area (Å²) in [5, 5.41) is 0. The van der Waals surface area contributed by atoms with E-state index in [9.17, 15) is 0 Å². The third kappa shape index (κ3) is 10.1. The number of para-hydroxylation sites is 3. The smallest absolute Gasteiger partial charge is 0.340 e. The minimum Gasteiger partial charge on any atom is -0.340 e. The molecule has 0 aliphatic rings. The van der Waals surface area contributed by atoms with E-state index in [0.29, 0.717) is 0 Å². The number of benzene rings is 7. The first-order valence-corrected chi connectivity index (χ1v) is 22.9. The van der Waals surface area contributed by atoms with Crippen molar-refractivity contribution in [1.82, 2.24) is 28.7 Å². The quantitative estimate of drug-likeness (QED) is 0.0962. The van der Waals surface area contributed by atoms with Gasteiger partial charge in [-0.15, -0.1) is 106 Å². The normalized spacial score (nSPS) is 11.1. The molecule has 67 heavy (non-hydrogen) atoms. The van der Waals surface area contributed by atoms with Gasteiger partial charge in [-0.05, 0) is 91.6 Å². The molecule has 3 heterocycles. The van der Waals surface area contributed by atoms with Crippen molar-refractivity contribution < 1.29 is 20.1 Å². The minimum atomic E-state index is 0. The summed E-state index contributed by atoms with van der Waals surface area (Å²) in [6.45, 7) is 6.40. The van der Waals surface area contributed by atoms with Gasteiger partial charge in [0.15, 0.2) is 0 Å². The number of aromatic nitrogens is 6. The molecule has 0 fully saturated rings. The number of hydrogen-bond acceptors (Lipinski definition) is 3. The molecule has 0 aliphatic heterocycles. The Hall–Kier alpha value is -7.18. The van der Waals surface area contributed by atoms with Crippen LogP contribution in [0.2, 0.25) is 0 Å². The number of hydrogen-bond donors (Lipinski definition) is 0. The largest absolute Gasteiger partial charge is 3.00 e. The van der Waals surface area contributed by atoms with Crippen molar-refractivity contribution in [3.63, 3.8) is 0 Å². The topological polar surface area (TPSA) is 53.5 Å². The van der Waals surface area contributed by atoms with Crippen LogP contribution in [-0.2, 0) is 58.6 Å². The molecule has 6 nitrogen and oxygen atoms in total. The fourth-order valence-corrected chi connectivity index (χ4v) is 8.99. The number of imidazole rings is 3. The van der Waals surface area contributed by atoms with Gasteiger partial charge in [0, 0.05) is 54.2 Å². The molecule has 10 rings (SSSR count). The summed E-state index contributed by atoms with van der Waals surface area (Å²) >= 11 is 0. The second kappa shape index (κ2) is 20.6. The van der Waals surface area contributed by atoms with E-state index >= 15 is 0 Å². The van der Waals surface area contributed by atoms with Crippen molar-refractivity contribution in [2.24, 2.45) is 0 Å². The fraction of sp³-hybridized carbons (Fsp3) is 0.150. The van der Waals surface area contributed by atoms with E-state index in [0.717, 1.165) is 89.8 Å². The van der Waals surface area contributed by atoms with E-state index in [4.69, 9.17) is 15.0 Å². The SMILES string of the molecule is Cc1ccccc1-n1ccnc1-c1[c-]cc(CCc2cc(CCc3c[c-]c(-c4nccn4-c4ccccc4C)cc3)cc(CCc3c[c-]c(-c4nccn4-c4ccccc4C)cc3)c2)cc1.[Ir+3]. The molecular weight excluding hydrogens is 997 g/mol. The van der Waals surface area contributed by atoms with Gasteiger partial charge < -0.3 is 13.7 Å². The Morgan fingerprint density at radius 2 is 0.642 bits per heavy atom. The molecule has 0 atom stereocenters. The van der Waals surface area contributed by atoms with Crippen molar-refractivity contribution in [2.75, 3.05) is 0 Å². The molecule has 0 saturated carbocycles. The molecule has 7 heteroatoms. The summed E-state index contributed by atoms with van der Waals surface area (Å²) in [4.78, 5) is 14.1. The van der Waals surface area contributed by atoms with Crippen LogP contribution in [0.25, 0.3) is 51.2 Å². The van der Waals surface area contributed by atoms with Crippen LogP contribution in [0.1, 0.15) is 50.1 Å². The van der Waals surface area contributed by atoms with Gasteiger partial charge in [0.25, 0.3) is 0 Å². The summed E-state index contributed by atoms with van der Waals surface area (Å²) in [6.07, 6.45) is 17.3. The molecule has 10 aromatic rings. The summed E-state index contributed by atoms with van der Waals surface area (Å²) in [7, 11) is 0. The van der Waals surface area contributed by atoms with Crippen LogP contribution in [0.5, 0.6) is 0 Å². The van der Waals surface area contributed by atoms with Gasteiger partial charge in [0.1, 0.15) is 0 Å². The van der Waals surface area contributed by atoms with E-state index < -0.39 is 0 Å². The standard InChI is InChI=1S/C60H51N6.Ir/c1-43-10-4-7-13-55(43)64-37-34-61-58(64)52-28-22-46(23-29-52)16-19-49-40-50(20-17-47-24-30-53(31-25-47)59-62-35-38-65(59)56-14-8-5-11-44(56)2)42-51(41-49)21-18-48-26-32-54(33-27-48)60-63-36-39-66(60)57-15-9-6-12-45(57)3;/h4-15,22-28,30,32,34-42H,16-21H2,1-3H3;/q-3;+3. The van der Waals surface area contributed by atoms with Gasteiger partial charge in [-0.2, -0.15) is 0 Å². The van der Waals surface area contributed by atoms with Gasteiger partial charge >= 0.3 is 20.1 Å². The maximum atomic E-state index is 4.71. The van der Waals surface area contributed by atoms with Gasteiger partial charge in [-0.1, -0.05) is 92.1 Å². The molecule has 0 radical (unpaired) electrons. The first-order valence-electron chi connectivity index (χ1n) is 22.9. The molecule has 7 aromatic carbocycles. The maximum absolute atomic E-state index is 4.71. The van der Waals surface area contributed by atoms with Crippen molar-refractivity contribution >= 4 is 0 Å². The Labute approximate surface area is 408 Å². The Kier molecular flexibility index (Phi) is 13.8. The minimum absolute atomic E-state index is 0. The Balaban J connectivity index is 0.00000562.